The van der Waals surface area contributed by atoms with Gasteiger partial charge in [0.2, 0.25) is 5.91 Å². The Kier molecular flexibility index (Phi) is 9.54. The second-order valence-electron chi connectivity index (χ2n) is 7.14. The van der Waals surface area contributed by atoms with Crippen LogP contribution in [0.1, 0.15) is 12.8 Å². The van der Waals surface area contributed by atoms with E-state index in [1.165, 1.54) is 0 Å². The summed E-state index contributed by atoms with van der Waals surface area (Å²) in [5, 5.41) is 6.39. The quantitative estimate of drug-likeness (QED) is 0.693. The van der Waals surface area contributed by atoms with Crippen LogP contribution in [0.25, 0.3) is 0 Å². The molecule has 156 valence electrons. The monoisotopic (exact) mass is 410 g/mol. The molecule has 0 spiro atoms. The normalized spacial score (nSPS) is 18.2. The number of carbonyl (C=O) groups is 2. The van der Waals surface area contributed by atoms with Gasteiger partial charge in [0.05, 0.1) is 0 Å². The fourth-order valence-electron chi connectivity index (χ4n) is 3.56. The van der Waals surface area contributed by atoms with Crippen LogP contribution < -0.4 is 15.4 Å². The number of hydrogen-bond acceptors (Lipinski definition) is 5. The summed E-state index contributed by atoms with van der Waals surface area (Å²) in [7, 11) is 0. The van der Waals surface area contributed by atoms with Crippen LogP contribution in [0, 0.1) is 5.92 Å². The van der Waals surface area contributed by atoms with Gasteiger partial charge in [0, 0.05) is 58.3 Å². The summed E-state index contributed by atoms with van der Waals surface area (Å²) >= 11 is 0. The minimum absolute atomic E-state index is 0. The average molecular weight is 411 g/mol. The first kappa shape index (κ1) is 22.5. The Morgan fingerprint density at radius 2 is 1.75 bits per heavy atom. The molecule has 2 fully saturated rings. The zero-order chi connectivity index (χ0) is 18.9. The first-order valence-corrected chi connectivity index (χ1v) is 9.89. The zero-order valence-electron chi connectivity index (χ0n) is 16.3. The Morgan fingerprint density at radius 3 is 2.43 bits per heavy atom. The van der Waals surface area contributed by atoms with Gasteiger partial charge < -0.3 is 20.3 Å². The van der Waals surface area contributed by atoms with E-state index in [-0.39, 0.29) is 36.7 Å². The van der Waals surface area contributed by atoms with E-state index < -0.39 is 0 Å². The summed E-state index contributed by atoms with van der Waals surface area (Å²) in [5.41, 5.74) is 0. The number of para-hydroxylation sites is 1. The molecule has 0 atom stereocenters. The Labute approximate surface area is 173 Å². The molecule has 0 radical (unpaired) electrons. The molecule has 3 rings (SSSR count). The van der Waals surface area contributed by atoms with Crippen molar-refractivity contribution in [3.05, 3.63) is 30.3 Å². The number of halogens is 1. The summed E-state index contributed by atoms with van der Waals surface area (Å²) in [6.45, 7) is 7.02. The lowest BCUT2D eigenvalue weighted by Gasteiger charge is -2.31. The smallest absolute Gasteiger partial charge is 0.260 e. The Morgan fingerprint density at radius 1 is 1.07 bits per heavy atom. The zero-order valence-corrected chi connectivity index (χ0v) is 17.1. The van der Waals surface area contributed by atoms with Crippen molar-refractivity contribution in [1.29, 1.82) is 0 Å². The number of carbonyl (C=O) groups excluding carboxylic acids is 2. The van der Waals surface area contributed by atoms with Crippen LogP contribution in [0.3, 0.4) is 0 Å². The molecule has 2 amide bonds. The number of rotatable bonds is 7. The van der Waals surface area contributed by atoms with E-state index in [2.05, 4.69) is 15.5 Å². The van der Waals surface area contributed by atoms with Gasteiger partial charge in [-0.15, -0.1) is 12.4 Å². The number of hydrogen-bond donors (Lipinski definition) is 2. The predicted molar refractivity (Wildman–Crippen MR) is 111 cm³/mol. The van der Waals surface area contributed by atoms with Crippen molar-refractivity contribution in [2.45, 2.75) is 12.8 Å². The van der Waals surface area contributed by atoms with Crippen LogP contribution >= 0.6 is 12.4 Å². The topological polar surface area (TPSA) is 73.9 Å². The van der Waals surface area contributed by atoms with E-state index in [9.17, 15) is 9.59 Å². The van der Waals surface area contributed by atoms with Crippen molar-refractivity contribution in [2.75, 3.05) is 59.0 Å². The summed E-state index contributed by atoms with van der Waals surface area (Å²) in [6, 6.07) is 9.35. The van der Waals surface area contributed by atoms with Gasteiger partial charge in [0.25, 0.3) is 5.91 Å². The molecule has 2 N–H and O–H groups in total. The molecular formula is C20H31ClN4O3. The molecule has 0 bridgehead atoms. The fourth-order valence-corrected chi connectivity index (χ4v) is 3.56. The first-order chi connectivity index (χ1) is 13.2. The van der Waals surface area contributed by atoms with E-state index in [0.29, 0.717) is 25.4 Å². The molecule has 2 aliphatic heterocycles. The molecule has 1 aromatic carbocycles. The summed E-state index contributed by atoms with van der Waals surface area (Å²) in [4.78, 5) is 28.8. The van der Waals surface area contributed by atoms with E-state index in [0.717, 1.165) is 45.6 Å². The lowest BCUT2D eigenvalue weighted by molar-refractivity contribution is -0.137. The van der Waals surface area contributed by atoms with Crippen molar-refractivity contribution in [3.63, 3.8) is 0 Å². The van der Waals surface area contributed by atoms with Crippen LogP contribution in [0.2, 0.25) is 0 Å². The van der Waals surface area contributed by atoms with Crippen LogP contribution in [-0.4, -0.2) is 80.6 Å². The first-order valence-electron chi connectivity index (χ1n) is 9.89. The number of ether oxygens (including phenoxy) is 1. The van der Waals surface area contributed by atoms with Crippen molar-refractivity contribution < 1.29 is 14.3 Å². The Bertz CT molecular complexity index is 603. The highest BCUT2D eigenvalue weighted by Gasteiger charge is 2.27. The minimum atomic E-state index is -0.0172. The van der Waals surface area contributed by atoms with Gasteiger partial charge in [-0.1, -0.05) is 18.2 Å². The highest BCUT2D eigenvalue weighted by molar-refractivity contribution is 5.85. The molecule has 0 aliphatic carbocycles. The van der Waals surface area contributed by atoms with E-state index in [1.54, 1.807) is 4.90 Å². The van der Waals surface area contributed by atoms with E-state index in [4.69, 9.17) is 4.74 Å². The number of piperazine rings is 1. The SMILES string of the molecule is Cl.O=C(NCCN1CCNCC1)C1CCN(C(=O)COc2ccccc2)CC1. The predicted octanol–water partition coefficient (Wildman–Crippen LogP) is 0.747. The van der Waals surface area contributed by atoms with Gasteiger partial charge in [0.1, 0.15) is 5.75 Å². The van der Waals surface area contributed by atoms with Crippen LogP contribution in [0.5, 0.6) is 5.75 Å². The number of nitrogens with one attached hydrogen (secondary N) is 2. The molecule has 1 aromatic rings. The third-order valence-electron chi connectivity index (χ3n) is 5.26. The molecule has 2 saturated heterocycles. The maximum atomic E-state index is 12.4. The largest absolute Gasteiger partial charge is 0.484 e. The standard InChI is InChI=1S/C20H30N4O3.ClH/c25-19(16-27-18-4-2-1-3-5-18)24-11-6-17(7-12-24)20(26)22-10-15-23-13-8-21-9-14-23;/h1-5,17,21H,6-16H2,(H,22,26);1H. The number of nitrogens with zero attached hydrogens (tertiary/aromatic N) is 2. The third-order valence-corrected chi connectivity index (χ3v) is 5.26. The van der Waals surface area contributed by atoms with Crippen LogP contribution in [0.4, 0.5) is 0 Å². The average Bonchev–Trinajstić information content (AvgIpc) is 2.73. The van der Waals surface area contributed by atoms with Crippen molar-refractivity contribution in [1.82, 2.24) is 20.4 Å². The van der Waals surface area contributed by atoms with Crippen molar-refractivity contribution in [3.8, 4) is 5.75 Å². The summed E-state index contributed by atoms with van der Waals surface area (Å²) in [5.74, 6) is 0.811. The van der Waals surface area contributed by atoms with Gasteiger partial charge in [-0.2, -0.15) is 0 Å². The Balaban J connectivity index is 0.00000280. The van der Waals surface area contributed by atoms with Crippen molar-refractivity contribution in [2.24, 2.45) is 5.92 Å². The van der Waals surface area contributed by atoms with Gasteiger partial charge in [0.15, 0.2) is 6.61 Å². The second-order valence-corrected chi connectivity index (χ2v) is 7.14. The number of piperidine rings is 1. The number of benzene rings is 1. The van der Waals surface area contributed by atoms with Crippen LogP contribution in [-0.2, 0) is 9.59 Å². The van der Waals surface area contributed by atoms with Crippen molar-refractivity contribution >= 4 is 24.2 Å². The molecule has 0 unspecified atom stereocenters. The van der Waals surface area contributed by atoms with Crippen LogP contribution in [0.15, 0.2) is 30.3 Å². The van der Waals surface area contributed by atoms with Gasteiger partial charge in [-0.25, -0.2) is 0 Å². The lowest BCUT2D eigenvalue weighted by atomic mass is 9.96. The molecule has 0 aromatic heterocycles. The fraction of sp³-hybridized carbons (Fsp3) is 0.600. The highest BCUT2D eigenvalue weighted by Crippen LogP contribution is 2.18. The molecule has 28 heavy (non-hydrogen) atoms. The Hall–Kier alpha value is -1.83. The summed E-state index contributed by atoms with van der Waals surface area (Å²) < 4.78 is 5.53. The number of amides is 2. The molecule has 2 aliphatic rings. The second kappa shape index (κ2) is 11.9. The van der Waals surface area contributed by atoms with E-state index in [1.807, 2.05) is 30.3 Å². The van der Waals surface area contributed by atoms with Gasteiger partial charge in [-0.05, 0) is 25.0 Å². The summed E-state index contributed by atoms with van der Waals surface area (Å²) in [6.07, 6.45) is 1.44. The maximum Gasteiger partial charge on any atom is 0.260 e. The maximum absolute atomic E-state index is 12.4. The lowest BCUT2D eigenvalue weighted by Crippen LogP contribution is -2.48. The molecule has 0 saturated carbocycles. The molecule has 8 heteroatoms. The van der Waals surface area contributed by atoms with Gasteiger partial charge in [-0.3, -0.25) is 14.5 Å². The highest BCUT2D eigenvalue weighted by atomic mass is 35.5. The molecule has 2 heterocycles. The molecular weight excluding hydrogens is 380 g/mol. The van der Waals surface area contributed by atoms with Gasteiger partial charge >= 0.3 is 0 Å². The van der Waals surface area contributed by atoms with E-state index >= 15 is 0 Å². The number of likely N-dealkylation sites (tertiary alicyclic amines) is 1. The third kappa shape index (κ3) is 6.96. The molecule has 7 nitrogen and oxygen atoms in total. The minimum Gasteiger partial charge on any atom is -0.484 e.